The van der Waals surface area contributed by atoms with E-state index in [2.05, 4.69) is 10.5 Å². The largest absolute Gasteiger partial charge is 0.330 e. The summed E-state index contributed by atoms with van der Waals surface area (Å²) in [7, 11) is 1.56. The van der Waals surface area contributed by atoms with Crippen LogP contribution in [0.2, 0.25) is 0 Å². The molecule has 0 spiro atoms. The third-order valence-electron chi connectivity index (χ3n) is 2.31. The molecule has 5 heteroatoms. The van der Waals surface area contributed by atoms with Crippen LogP contribution in [0.1, 0.15) is 5.56 Å². The van der Waals surface area contributed by atoms with Gasteiger partial charge >= 0.3 is 5.69 Å². The first-order chi connectivity index (χ1) is 7.83. The van der Waals surface area contributed by atoms with Gasteiger partial charge in [0.05, 0.1) is 12.8 Å². The number of hydroxylamine groups is 1. The molecule has 0 radical (unpaired) electrons. The van der Waals surface area contributed by atoms with Crippen LogP contribution in [-0.2, 0) is 11.4 Å². The van der Waals surface area contributed by atoms with Crippen molar-refractivity contribution >= 4 is 0 Å². The molecule has 2 aromatic rings. The summed E-state index contributed by atoms with van der Waals surface area (Å²) >= 11 is 0. The number of nitrogens with zero attached hydrogens (tertiary/aromatic N) is 1. The Labute approximate surface area is 92.6 Å². The number of benzene rings is 1. The van der Waals surface area contributed by atoms with Gasteiger partial charge in [0, 0.05) is 18.9 Å². The number of hydrogen-bond donors (Lipinski definition) is 2. The van der Waals surface area contributed by atoms with Crippen LogP contribution in [0.5, 0.6) is 0 Å². The zero-order chi connectivity index (χ0) is 11.4. The molecule has 0 bridgehead atoms. The Hall–Kier alpha value is -1.85. The third-order valence-corrected chi connectivity index (χ3v) is 2.31. The van der Waals surface area contributed by atoms with Gasteiger partial charge in [0.15, 0.2) is 0 Å². The quantitative estimate of drug-likeness (QED) is 0.748. The van der Waals surface area contributed by atoms with Crippen molar-refractivity contribution in [3.63, 3.8) is 0 Å². The van der Waals surface area contributed by atoms with Crippen LogP contribution in [0.25, 0.3) is 5.69 Å². The number of H-pyrrole nitrogens is 1. The summed E-state index contributed by atoms with van der Waals surface area (Å²) in [5.41, 5.74) is 4.45. The molecule has 0 fully saturated rings. The van der Waals surface area contributed by atoms with Gasteiger partial charge in [-0.05, 0) is 11.6 Å². The minimum absolute atomic E-state index is 0.148. The van der Waals surface area contributed by atoms with Crippen LogP contribution in [0.15, 0.2) is 41.5 Å². The lowest BCUT2D eigenvalue weighted by molar-refractivity contribution is 0.0867. The zero-order valence-corrected chi connectivity index (χ0v) is 8.93. The van der Waals surface area contributed by atoms with E-state index in [-0.39, 0.29) is 5.69 Å². The Kier molecular flexibility index (Phi) is 3.19. The highest BCUT2D eigenvalue weighted by Crippen LogP contribution is 2.11. The fourth-order valence-electron chi connectivity index (χ4n) is 1.56. The van der Waals surface area contributed by atoms with Crippen molar-refractivity contribution in [1.82, 2.24) is 15.0 Å². The number of nitrogens with one attached hydrogen (secondary N) is 2. The Morgan fingerprint density at radius 2 is 2.25 bits per heavy atom. The molecule has 0 unspecified atom stereocenters. The number of imidazole rings is 1. The molecule has 0 amide bonds. The molecular weight excluding hydrogens is 206 g/mol. The molecular formula is C11H13N3O2. The summed E-state index contributed by atoms with van der Waals surface area (Å²) < 4.78 is 1.56. The number of hydrogen-bond acceptors (Lipinski definition) is 3. The fourth-order valence-corrected chi connectivity index (χ4v) is 1.56. The van der Waals surface area contributed by atoms with Crippen molar-refractivity contribution < 1.29 is 4.84 Å². The summed E-state index contributed by atoms with van der Waals surface area (Å²) in [6.45, 7) is 0.546. The molecule has 84 valence electrons. The van der Waals surface area contributed by atoms with Crippen LogP contribution < -0.4 is 11.2 Å². The van der Waals surface area contributed by atoms with Gasteiger partial charge in [-0.2, -0.15) is 5.48 Å². The summed E-state index contributed by atoms with van der Waals surface area (Å²) in [6.07, 6.45) is 3.32. The van der Waals surface area contributed by atoms with E-state index in [1.54, 1.807) is 24.1 Å². The molecule has 1 aromatic carbocycles. The van der Waals surface area contributed by atoms with E-state index in [4.69, 9.17) is 4.84 Å². The normalized spacial score (nSPS) is 10.6. The van der Waals surface area contributed by atoms with Gasteiger partial charge < -0.3 is 9.82 Å². The molecule has 0 aliphatic rings. The van der Waals surface area contributed by atoms with Crippen LogP contribution in [-0.4, -0.2) is 16.7 Å². The van der Waals surface area contributed by atoms with Crippen LogP contribution in [0.3, 0.4) is 0 Å². The third kappa shape index (κ3) is 2.05. The van der Waals surface area contributed by atoms with Crippen molar-refractivity contribution in [2.75, 3.05) is 7.11 Å². The Bertz CT molecular complexity index is 516. The van der Waals surface area contributed by atoms with E-state index in [0.717, 1.165) is 11.3 Å². The minimum Gasteiger partial charge on any atom is -0.312 e. The van der Waals surface area contributed by atoms with E-state index >= 15 is 0 Å². The lowest BCUT2D eigenvalue weighted by Gasteiger charge is -2.09. The fraction of sp³-hybridized carbons (Fsp3) is 0.182. The Morgan fingerprint density at radius 3 is 2.94 bits per heavy atom. The molecule has 16 heavy (non-hydrogen) atoms. The first kappa shape index (κ1) is 10.7. The summed E-state index contributed by atoms with van der Waals surface area (Å²) in [6, 6.07) is 7.65. The number of para-hydroxylation sites is 1. The molecule has 0 atom stereocenters. The molecule has 2 rings (SSSR count). The second-order valence-electron chi connectivity index (χ2n) is 3.29. The number of aromatic amines is 1. The summed E-state index contributed by atoms with van der Waals surface area (Å²) in [5.74, 6) is 0. The first-order valence-corrected chi connectivity index (χ1v) is 4.93. The van der Waals surface area contributed by atoms with E-state index in [1.807, 2.05) is 24.3 Å². The molecule has 5 nitrogen and oxygen atoms in total. The Morgan fingerprint density at radius 1 is 1.44 bits per heavy atom. The minimum atomic E-state index is -0.148. The van der Waals surface area contributed by atoms with E-state index in [0.29, 0.717) is 6.54 Å². The molecule has 1 heterocycles. The van der Waals surface area contributed by atoms with E-state index in [9.17, 15) is 4.79 Å². The van der Waals surface area contributed by atoms with Crippen LogP contribution >= 0.6 is 0 Å². The highest BCUT2D eigenvalue weighted by Gasteiger charge is 2.05. The van der Waals surface area contributed by atoms with Crippen molar-refractivity contribution in [1.29, 1.82) is 0 Å². The van der Waals surface area contributed by atoms with Gasteiger partial charge in [-0.1, -0.05) is 18.2 Å². The van der Waals surface area contributed by atoms with Crippen molar-refractivity contribution in [2.24, 2.45) is 0 Å². The van der Waals surface area contributed by atoms with E-state index < -0.39 is 0 Å². The van der Waals surface area contributed by atoms with Gasteiger partial charge in [-0.15, -0.1) is 0 Å². The highest BCUT2D eigenvalue weighted by atomic mass is 16.6. The molecule has 0 aliphatic heterocycles. The number of rotatable bonds is 4. The zero-order valence-electron chi connectivity index (χ0n) is 8.93. The smallest absolute Gasteiger partial charge is 0.312 e. The van der Waals surface area contributed by atoms with Gasteiger partial charge in [-0.25, -0.2) is 4.79 Å². The molecule has 0 aliphatic carbocycles. The molecule has 0 saturated carbocycles. The molecule has 2 N–H and O–H groups in total. The molecule has 1 aromatic heterocycles. The maximum Gasteiger partial charge on any atom is 0.330 e. The first-order valence-electron chi connectivity index (χ1n) is 4.93. The summed E-state index contributed by atoms with van der Waals surface area (Å²) in [4.78, 5) is 18.9. The molecule has 0 saturated heterocycles. The van der Waals surface area contributed by atoms with Crippen molar-refractivity contribution in [3.05, 3.63) is 52.7 Å². The standard InChI is InChI=1S/C11H13N3O2/c1-16-13-8-9-4-2-3-5-10(9)14-7-6-12-11(14)15/h2-7,13H,8H2,1H3,(H,12,15). The maximum atomic E-state index is 11.5. The van der Waals surface area contributed by atoms with Crippen LogP contribution in [0.4, 0.5) is 0 Å². The van der Waals surface area contributed by atoms with Gasteiger partial charge in [0.2, 0.25) is 0 Å². The van der Waals surface area contributed by atoms with Crippen LogP contribution in [0, 0.1) is 0 Å². The lowest BCUT2D eigenvalue weighted by atomic mass is 10.2. The average molecular weight is 219 g/mol. The SMILES string of the molecule is CONCc1ccccc1-n1cc[nH]c1=O. The predicted octanol–water partition coefficient (Wildman–Crippen LogP) is 0.817. The Balaban J connectivity index is 2.40. The second kappa shape index (κ2) is 4.78. The van der Waals surface area contributed by atoms with Crippen molar-refractivity contribution in [2.45, 2.75) is 6.54 Å². The van der Waals surface area contributed by atoms with Crippen molar-refractivity contribution in [3.8, 4) is 5.69 Å². The lowest BCUT2D eigenvalue weighted by Crippen LogP contribution is -2.18. The van der Waals surface area contributed by atoms with Gasteiger partial charge in [-0.3, -0.25) is 4.57 Å². The summed E-state index contributed by atoms with van der Waals surface area (Å²) in [5, 5.41) is 0. The second-order valence-corrected chi connectivity index (χ2v) is 3.29. The highest BCUT2D eigenvalue weighted by molar-refractivity contribution is 5.40. The van der Waals surface area contributed by atoms with Gasteiger partial charge in [0.1, 0.15) is 0 Å². The maximum absolute atomic E-state index is 11.5. The van der Waals surface area contributed by atoms with E-state index in [1.165, 1.54) is 0 Å². The van der Waals surface area contributed by atoms with Gasteiger partial charge in [0.25, 0.3) is 0 Å². The monoisotopic (exact) mass is 219 g/mol. The predicted molar refractivity (Wildman–Crippen MR) is 60.2 cm³/mol. The number of aromatic nitrogens is 2. The average Bonchev–Trinajstić information content (AvgIpc) is 2.73. The topological polar surface area (TPSA) is 59.0 Å².